The molecule has 2 N–H and O–H groups in total. The Morgan fingerprint density at radius 3 is 2.57 bits per heavy atom. The number of hydrogen-bond acceptors (Lipinski definition) is 6. The summed E-state index contributed by atoms with van der Waals surface area (Å²) in [4.78, 5) is 25.4. The largest absolute Gasteiger partial charge is 0.385 e. The molecular weight excluding hydrogens is 526 g/mol. The standard InChI is InChI=1S/C34H39N5O3/c40-33(38-20-19-35-22-29(38)21-26-11-3-1-4-12-26)31-32(27-13-5-2-6-14-27)39(25-37-31)30-16-7-9-17-34(30,41)24-42-23-28-15-8-10-18-36-28/h1-6,8,10-15,18,25,29-30,35,41H,7,9,16-17,19-24H2/t29-,30+,34+/m1/s1. The highest BCUT2D eigenvalue weighted by Gasteiger charge is 2.42. The van der Waals surface area contributed by atoms with E-state index in [0.717, 1.165) is 55.7 Å². The molecule has 3 atom stereocenters. The number of carbonyl (C=O) groups excluding carboxylic acids is 1. The van der Waals surface area contributed by atoms with E-state index in [1.54, 1.807) is 12.5 Å². The molecule has 8 heteroatoms. The van der Waals surface area contributed by atoms with Crippen LogP contribution in [0.1, 0.15) is 53.5 Å². The number of aliphatic hydroxyl groups is 1. The van der Waals surface area contributed by atoms with Gasteiger partial charge in [0.2, 0.25) is 0 Å². The van der Waals surface area contributed by atoms with Gasteiger partial charge in [0.05, 0.1) is 37.0 Å². The second-order valence-electron chi connectivity index (χ2n) is 11.4. The van der Waals surface area contributed by atoms with Crippen LogP contribution >= 0.6 is 0 Å². The molecule has 42 heavy (non-hydrogen) atoms. The van der Waals surface area contributed by atoms with Crippen molar-refractivity contribution < 1.29 is 14.6 Å². The second-order valence-corrected chi connectivity index (χ2v) is 11.4. The number of amides is 1. The van der Waals surface area contributed by atoms with Crippen molar-refractivity contribution in [3.63, 3.8) is 0 Å². The third-order valence-electron chi connectivity index (χ3n) is 8.59. The van der Waals surface area contributed by atoms with Gasteiger partial charge >= 0.3 is 0 Å². The van der Waals surface area contributed by atoms with E-state index in [1.807, 2.05) is 76.2 Å². The molecule has 8 nitrogen and oxygen atoms in total. The summed E-state index contributed by atoms with van der Waals surface area (Å²) in [5, 5.41) is 15.5. The molecule has 2 aromatic carbocycles. The number of piperazine rings is 1. The molecule has 0 unspecified atom stereocenters. The van der Waals surface area contributed by atoms with Gasteiger partial charge in [-0.25, -0.2) is 4.98 Å². The average molecular weight is 566 g/mol. The Kier molecular flexibility index (Phi) is 8.74. The van der Waals surface area contributed by atoms with Crippen LogP contribution in [0.3, 0.4) is 0 Å². The number of aromatic nitrogens is 3. The summed E-state index contributed by atoms with van der Waals surface area (Å²) < 4.78 is 8.09. The number of imidazole rings is 1. The van der Waals surface area contributed by atoms with Gasteiger partial charge < -0.3 is 24.6 Å². The van der Waals surface area contributed by atoms with E-state index in [4.69, 9.17) is 9.72 Å². The third-order valence-corrected chi connectivity index (χ3v) is 8.59. The van der Waals surface area contributed by atoms with E-state index in [0.29, 0.717) is 25.3 Å². The number of ether oxygens (including phenoxy) is 1. The zero-order valence-corrected chi connectivity index (χ0v) is 23.9. The minimum atomic E-state index is -1.09. The van der Waals surface area contributed by atoms with Gasteiger partial charge in [-0.05, 0) is 37.0 Å². The van der Waals surface area contributed by atoms with Crippen molar-refractivity contribution >= 4 is 5.91 Å². The summed E-state index contributed by atoms with van der Waals surface area (Å²) >= 11 is 0. The van der Waals surface area contributed by atoms with Crippen molar-refractivity contribution in [3.05, 3.63) is 108 Å². The lowest BCUT2D eigenvalue weighted by Crippen LogP contribution is -2.54. The van der Waals surface area contributed by atoms with Gasteiger partial charge in [-0.1, -0.05) is 79.6 Å². The van der Waals surface area contributed by atoms with Gasteiger partial charge in [0.25, 0.3) is 5.91 Å². The molecule has 2 fully saturated rings. The SMILES string of the molecule is O=C(c1ncn([C@H]2CCCC[C@]2(O)COCc2ccccn2)c1-c1ccccc1)N1CCNC[C@H]1Cc1ccccc1. The molecule has 2 aliphatic rings. The molecular formula is C34H39N5O3. The van der Waals surface area contributed by atoms with Crippen LogP contribution < -0.4 is 5.32 Å². The van der Waals surface area contributed by atoms with Gasteiger partial charge in [-0.2, -0.15) is 0 Å². The minimum absolute atomic E-state index is 0.0223. The van der Waals surface area contributed by atoms with Crippen molar-refractivity contribution in [2.45, 2.75) is 56.4 Å². The maximum atomic E-state index is 14.3. The fraction of sp³-hybridized carbons (Fsp3) is 0.382. The predicted octanol–water partition coefficient (Wildman–Crippen LogP) is 4.66. The summed E-state index contributed by atoms with van der Waals surface area (Å²) in [6.07, 6.45) is 7.57. The van der Waals surface area contributed by atoms with Crippen molar-refractivity contribution in [2.24, 2.45) is 0 Å². The summed E-state index contributed by atoms with van der Waals surface area (Å²) in [6, 6.07) is 25.8. The van der Waals surface area contributed by atoms with Crippen molar-refractivity contribution in [2.75, 3.05) is 26.2 Å². The number of nitrogens with one attached hydrogen (secondary N) is 1. The fourth-order valence-electron chi connectivity index (χ4n) is 6.45. The highest BCUT2D eigenvalue weighted by molar-refractivity contribution is 5.98. The first kappa shape index (κ1) is 28.3. The molecule has 4 aromatic rings. The molecule has 0 radical (unpaired) electrons. The fourth-order valence-corrected chi connectivity index (χ4v) is 6.45. The molecule has 2 aromatic heterocycles. The predicted molar refractivity (Wildman–Crippen MR) is 162 cm³/mol. The van der Waals surface area contributed by atoms with Gasteiger partial charge in [-0.3, -0.25) is 9.78 Å². The Bertz CT molecular complexity index is 1450. The van der Waals surface area contributed by atoms with Crippen molar-refractivity contribution in [1.29, 1.82) is 0 Å². The molecule has 1 amide bonds. The Hall–Kier alpha value is -3.85. The number of hydrogen-bond donors (Lipinski definition) is 2. The molecule has 0 bridgehead atoms. The van der Waals surface area contributed by atoms with Crippen LogP contribution in [0.15, 0.2) is 91.4 Å². The highest BCUT2D eigenvalue weighted by atomic mass is 16.5. The maximum absolute atomic E-state index is 14.3. The molecule has 218 valence electrons. The van der Waals surface area contributed by atoms with E-state index >= 15 is 0 Å². The Morgan fingerprint density at radius 1 is 1.00 bits per heavy atom. The Labute approximate surface area is 247 Å². The third kappa shape index (κ3) is 6.16. The van der Waals surface area contributed by atoms with Crippen LogP contribution in [-0.2, 0) is 17.8 Å². The smallest absolute Gasteiger partial charge is 0.275 e. The molecule has 1 saturated carbocycles. The first-order valence-corrected chi connectivity index (χ1v) is 15.0. The summed E-state index contributed by atoms with van der Waals surface area (Å²) in [5.74, 6) is -0.0687. The van der Waals surface area contributed by atoms with Crippen LogP contribution in [0.4, 0.5) is 0 Å². The second kappa shape index (κ2) is 13.0. The van der Waals surface area contributed by atoms with Crippen LogP contribution in [-0.4, -0.2) is 68.3 Å². The van der Waals surface area contributed by atoms with Gasteiger partial charge in [-0.15, -0.1) is 0 Å². The minimum Gasteiger partial charge on any atom is -0.385 e. The lowest BCUT2D eigenvalue weighted by molar-refractivity contribution is -0.103. The van der Waals surface area contributed by atoms with E-state index in [9.17, 15) is 9.90 Å². The number of pyridine rings is 1. The molecule has 1 aliphatic heterocycles. The zero-order valence-electron chi connectivity index (χ0n) is 23.9. The first-order valence-electron chi connectivity index (χ1n) is 15.0. The number of nitrogens with zero attached hydrogens (tertiary/aromatic N) is 4. The lowest BCUT2D eigenvalue weighted by atomic mass is 9.80. The van der Waals surface area contributed by atoms with Crippen molar-refractivity contribution in [1.82, 2.24) is 24.8 Å². The Morgan fingerprint density at radius 2 is 1.79 bits per heavy atom. The summed E-state index contributed by atoms with van der Waals surface area (Å²) in [6.45, 7) is 2.61. The topological polar surface area (TPSA) is 92.5 Å². The number of benzene rings is 2. The van der Waals surface area contributed by atoms with Crippen LogP contribution in [0.25, 0.3) is 11.3 Å². The van der Waals surface area contributed by atoms with Gasteiger partial charge in [0, 0.05) is 37.4 Å². The zero-order chi connectivity index (χ0) is 28.8. The van der Waals surface area contributed by atoms with Gasteiger partial charge in [0.1, 0.15) is 5.60 Å². The maximum Gasteiger partial charge on any atom is 0.275 e. The normalized spacial score (nSPS) is 22.6. The quantitative estimate of drug-likeness (QED) is 0.307. The molecule has 3 heterocycles. The number of carbonyl (C=O) groups is 1. The van der Waals surface area contributed by atoms with Gasteiger partial charge in [0.15, 0.2) is 5.69 Å². The molecule has 0 spiro atoms. The summed E-state index contributed by atoms with van der Waals surface area (Å²) in [5.41, 5.74) is 3.04. The van der Waals surface area contributed by atoms with Crippen LogP contribution in [0, 0.1) is 0 Å². The molecule has 6 rings (SSSR count). The monoisotopic (exact) mass is 565 g/mol. The van der Waals surface area contributed by atoms with E-state index < -0.39 is 5.60 Å². The lowest BCUT2D eigenvalue weighted by Gasteiger charge is -2.41. The van der Waals surface area contributed by atoms with Crippen LogP contribution in [0.2, 0.25) is 0 Å². The number of rotatable bonds is 9. The average Bonchev–Trinajstić information content (AvgIpc) is 3.47. The summed E-state index contributed by atoms with van der Waals surface area (Å²) in [7, 11) is 0. The van der Waals surface area contributed by atoms with E-state index in [2.05, 4.69) is 22.4 Å². The first-order chi connectivity index (χ1) is 20.6. The van der Waals surface area contributed by atoms with Crippen LogP contribution in [0.5, 0.6) is 0 Å². The molecule has 1 saturated heterocycles. The van der Waals surface area contributed by atoms with E-state index in [-0.39, 0.29) is 24.6 Å². The van der Waals surface area contributed by atoms with E-state index in [1.165, 1.54) is 5.56 Å². The highest BCUT2D eigenvalue weighted by Crippen LogP contribution is 2.41. The molecule has 1 aliphatic carbocycles. The Balaban J connectivity index is 1.31. The van der Waals surface area contributed by atoms with Crippen molar-refractivity contribution in [3.8, 4) is 11.3 Å².